The highest BCUT2D eigenvalue weighted by molar-refractivity contribution is 6.42. The van der Waals surface area contributed by atoms with Gasteiger partial charge in [0.15, 0.2) is 18.3 Å². The van der Waals surface area contributed by atoms with E-state index >= 15 is 0 Å². The van der Waals surface area contributed by atoms with E-state index in [4.69, 9.17) is 23.2 Å². The molecule has 2 nitrogen and oxygen atoms in total. The van der Waals surface area contributed by atoms with Gasteiger partial charge in [-0.05, 0) is 31.4 Å². The average Bonchev–Trinajstić information content (AvgIpc) is 2.53. The van der Waals surface area contributed by atoms with Crippen LogP contribution in [0.3, 0.4) is 0 Å². The molecule has 24 heavy (non-hydrogen) atoms. The van der Waals surface area contributed by atoms with E-state index in [1.54, 1.807) is 0 Å². The van der Waals surface area contributed by atoms with Crippen LogP contribution in [0.1, 0.15) is 45.1 Å². The van der Waals surface area contributed by atoms with Crippen molar-refractivity contribution in [2.24, 2.45) is 0 Å². The monoisotopic (exact) mass is 386 g/mol. The number of piperidine rings is 1. The van der Waals surface area contributed by atoms with Crippen LogP contribution < -0.4 is 12.4 Å². The van der Waals surface area contributed by atoms with Crippen molar-refractivity contribution in [1.29, 1.82) is 0 Å². The molecule has 0 aromatic heterocycles. The van der Waals surface area contributed by atoms with Crippen LogP contribution in [0.15, 0.2) is 30.0 Å². The third-order valence-corrected chi connectivity index (χ3v) is 5.68. The van der Waals surface area contributed by atoms with E-state index in [1.807, 2.05) is 12.1 Å². The summed E-state index contributed by atoms with van der Waals surface area (Å²) in [4.78, 5) is 2.57. The quantitative estimate of drug-likeness (QED) is 0.720. The van der Waals surface area contributed by atoms with Gasteiger partial charge in [0, 0.05) is 44.3 Å². The lowest BCUT2D eigenvalue weighted by Crippen LogP contribution is -3.00. The standard InChI is InChI=1S/C19H25Cl2N2.ClH/c1-19(2)13-16(22-9-4-3-5-10-22)8-11-23(19)14-15-6-7-17(20)18(21)12-15;/h6-8,11-12H,3-5,9-10,13-14H2,1-2H3;1H/q+1;/p-1. The van der Waals surface area contributed by atoms with Gasteiger partial charge in [-0.3, -0.25) is 0 Å². The van der Waals surface area contributed by atoms with E-state index in [0.717, 1.165) is 13.0 Å². The maximum atomic E-state index is 6.15. The van der Waals surface area contributed by atoms with E-state index in [-0.39, 0.29) is 17.9 Å². The van der Waals surface area contributed by atoms with Crippen LogP contribution in [0.2, 0.25) is 10.0 Å². The number of benzene rings is 1. The van der Waals surface area contributed by atoms with E-state index in [0.29, 0.717) is 10.0 Å². The van der Waals surface area contributed by atoms with Gasteiger partial charge in [0.1, 0.15) is 0 Å². The van der Waals surface area contributed by atoms with Crippen molar-refractivity contribution in [1.82, 2.24) is 4.90 Å². The first-order valence-corrected chi connectivity index (χ1v) is 9.21. The number of likely N-dealkylation sites (tertiary alicyclic amines) is 1. The van der Waals surface area contributed by atoms with Crippen LogP contribution in [-0.4, -0.2) is 34.3 Å². The van der Waals surface area contributed by atoms with Crippen molar-refractivity contribution in [2.75, 3.05) is 13.1 Å². The number of hydrogen-bond acceptors (Lipinski definition) is 1. The minimum atomic E-state index is 0. The zero-order valence-electron chi connectivity index (χ0n) is 14.4. The van der Waals surface area contributed by atoms with Crippen LogP contribution in [0.25, 0.3) is 0 Å². The molecular weight excluding hydrogens is 363 g/mol. The first kappa shape index (κ1) is 19.6. The molecule has 1 saturated heterocycles. The van der Waals surface area contributed by atoms with Gasteiger partial charge in [0.05, 0.1) is 16.5 Å². The van der Waals surface area contributed by atoms with Crippen LogP contribution in [0, 0.1) is 0 Å². The molecule has 0 N–H and O–H groups in total. The van der Waals surface area contributed by atoms with Gasteiger partial charge in [0.25, 0.3) is 0 Å². The number of rotatable bonds is 3. The molecule has 1 aromatic carbocycles. The molecule has 0 amide bonds. The number of allylic oxidation sites excluding steroid dienone is 1. The largest absolute Gasteiger partial charge is 1.00 e. The van der Waals surface area contributed by atoms with Crippen molar-refractivity contribution in [3.05, 3.63) is 45.6 Å². The van der Waals surface area contributed by atoms with Gasteiger partial charge in [-0.2, -0.15) is 0 Å². The summed E-state index contributed by atoms with van der Waals surface area (Å²) in [5.41, 5.74) is 2.78. The summed E-state index contributed by atoms with van der Waals surface area (Å²) in [7, 11) is 0. The first-order valence-electron chi connectivity index (χ1n) is 8.45. The smallest absolute Gasteiger partial charge is 0.168 e. The Morgan fingerprint density at radius 3 is 2.42 bits per heavy atom. The highest BCUT2D eigenvalue weighted by Gasteiger charge is 2.35. The van der Waals surface area contributed by atoms with Crippen LogP contribution >= 0.6 is 23.2 Å². The molecule has 0 bridgehead atoms. The molecule has 2 aliphatic rings. The Labute approximate surface area is 161 Å². The van der Waals surface area contributed by atoms with Crippen LogP contribution in [0.5, 0.6) is 0 Å². The normalized spacial score (nSPS) is 20.1. The average molecular weight is 388 g/mol. The second-order valence-electron chi connectivity index (χ2n) is 7.22. The molecule has 0 atom stereocenters. The topological polar surface area (TPSA) is 6.25 Å². The van der Waals surface area contributed by atoms with Gasteiger partial charge in [-0.15, -0.1) is 0 Å². The molecule has 2 aliphatic heterocycles. The lowest BCUT2D eigenvalue weighted by molar-refractivity contribution is -0.612. The van der Waals surface area contributed by atoms with Gasteiger partial charge in [0.2, 0.25) is 0 Å². The molecule has 3 rings (SSSR count). The Morgan fingerprint density at radius 2 is 1.79 bits per heavy atom. The molecule has 132 valence electrons. The maximum absolute atomic E-state index is 6.15. The summed E-state index contributed by atoms with van der Waals surface area (Å²) in [5.74, 6) is 0. The van der Waals surface area contributed by atoms with Crippen molar-refractivity contribution in [2.45, 2.75) is 51.6 Å². The third-order valence-electron chi connectivity index (χ3n) is 4.94. The molecule has 0 unspecified atom stereocenters. The van der Waals surface area contributed by atoms with Gasteiger partial charge in [-0.25, -0.2) is 4.58 Å². The van der Waals surface area contributed by atoms with Gasteiger partial charge in [-0.1, -0.05) is 29.3 Å². The fraction of sp³-hybridized carbons (Fsp3) is 0.526. The SMILES string of the molecule is CC1(C)CC(N2CCCCC2)=CC=[N+]1Cc1ccc(Cl)c(Cl)c1.[Cl-]. The molecule has 0 saturated carbocycles. The molecule has 1 aromatic rings. The second kappa shape index (κ2) is 8.12. The zero-order valence-corrected chi connectivity index (χ0v) is 16.6. The molecule has 0 aliphatic carbocycles. The summed E-state index contributed by atoms with van der Waals surface area (Å²) in [6.45, 7) is 7.91. The predicted molar refractivity (Wildman–Crippen MR) is 98.7 cm³/mol. The maximum Gasteiger partial charge on any atom is 0.168 e. The Bertz CT molecular complexity index is 644. The van der Waals surface area contributed by atoms with Crippen molar-refractivity contribution >= 4 is 29.4 Å². The van der Waals surface area contributed by atoms with E-state index in [9.17, 15) is 0 Å². The lowest BCUT2D eigenvalue weighted by atomic mass is 9.92. The van der Waals surface area contributed by atoms with E-state index in [2.05, 4.69) is 41.7 Å². The minimum absolute atomic E-state index is 0. The van der Waals surface area contributed by atoms with Gasteiger partial charge >= 0.3 is 0 Å². The van der Waals surface area contributed by atoms with Gasteiger partial charge < -0.3 is 17.3 Å². The summed E-state index contributed by atoms with van der Waals surface area (Å²) < 4.78 is 2.40. The Kier molecular flexibility index (Phi) is 6.64. The lowest BCUT2D eigenvalue weighted by Gasteiger charge is -2.36. The highest BCUT2D eigenvalue weighted by Crippen LogP contribution is 2.29. The van der Waals surface area contributed by atoms with E-state index < -0.39 is 0 Å². The zero-order chi connectivity index (χ0) is 16.4. The Morgan fingerprint density at radius 1 is 1.08 bits per heavy atom. The van der Waals surface area contributed by atoms with Crippen molar-refractivity contribution in [3.63, 3.8) is 0 Å². The first-order chi connectivity index (χ1) is 11.0. The Hall–Kier alpha value is -0.700. The minimum Gasteiger partial charge on any atom is -1.00 e. The predicted octanol–water partition coefficient (Wildman–Crippen LogP) is 2.13. The number of hydrogen-bond donors (Lipinski definition) is 0. The van der Waals surface area contributed by atoms with Crippen LogP contribution in [0.4, 0.5) is 0 Å². The Balaban J connectivity index is 0.00000208. The molecule has 1 fully saturated rings. The molecular formula is C19H25Cl3N2. The molecule has 0 radical (unpaired) electrons. The third kappa shape index (κ3) is 4.47. The second-order valence-corrected chi connectivity index (χ2v) is 8.03. The van der Waals surface area contributed by atoms with Crippen LogP contribution in [-0.2, 0) is 6.54 Å². The van der Waals surface area contributed by atoms with Crippen molar-refractivity contribution in [3.8, 4) is 0 Å². The molecule has 5 heteroatoms. The molecule has 0 spiro atoms. The van der Waals surface area contributed by atoms with Crippen molar-refractivity contribution < 1.29 is 17.0 Å². The number of halogens is 3. The number of nitrogens with zero attached hydrogens (tertiary/aromatic N) is 2. The fourth-order valence-corrected chi connectivity index (χ4v) is 3.80. The highest BCUT2D eigenvalue weighted by atomic mass is 35.5. The fourth-order valence-electron chi connectivity index (χ4n) is 3.48. The summed E-state index contributed by atoms with van der Waals surface area (Å²) in [6, 6.07) is 5.91. The van der Waals surface area contributed by atoms with E-state index in [1.165, 1.54) is 43.6 Å². The summed E-state index contributed by atoms with van der Waals surface area (Å²) >= 11 is 12.2. The summed E-state index contributed by atoms with van der Waals surface area (Å²) in [6.07, 6.45) is 9.66. The summed E-state index contributed by atoms with van der Waals surface area (Å²) in [5, 5.41) is 1.24. The molecule has 2 heterocycles.